The molecule has 138 valence electrons. The van der Waals surface area contributed by atoms with Crippen LogP contribution in [0.25, 0.3) is 5.70 Å². The molecule has 0 unspecified atom stereocenters. The Hall–Kier alpha value is -2.82. The average Bonchev–Trinajstić information content (AvgIpc) is 3.15. The fourth-order valence-electron chi connectivity index (χ4n) is 2.18. The van der Waals surface area contributed by atoms with Crippen molar-refractivity contribution in [2.75, 3.05) is 0 Å². The van der Waals surface area contributed by atoms with Crippen LogP contribution in [0.1, 0.15) is 68.2 Å². The van der Waals surface area contributed by atoms with Gasteiger partial charge in [0.1, 0.15) is 5.82 Å². The van der Waals surface area contributed by atoms with Crippen LogP contribution in [-0.4, -0.2) is 27.5 Å². The number of H-pyrrole nitrogens is 1. The van der Waals surface area contributed by atoms with Crippen LogP contribution in [0.15, 0.2) is 47.6 Å². The monoisotopic (exact) mass is 352 g/mol. The number of rotatable bonds is 7. The molecule has 0 saturated heterocycles. The molecule has 0 bridgehead atoms. The minimum Gasteiger partial charge on any atom is -0.356 e. The molecule has 2 heterocycles. The van der Waals surface area contributed by atoms with Crippen LogP contribution in [0, 0.1) is 0 Å². The van der Waals surface area contributed by atoms with E-state index in [2.05, 4.69) is 40.5 Å². The molecule has 0 aliphatic heterocycles. The van der Waals surface area contributed by atoms with Crippen molar-refractivity contribution < 1.29 is 4.79 Å². The predicted molar refractivity (Wildman–Crippen MR) is 109 cm³/mol. The second-order valence-electron chi connectivity index (χ2n) is 5.68. The van der Waals surface area contributed by atoms with Gasteiger partial charge in [-0.25, -0.2) is 9.97 Å². The van der Waals surface area contributed by atoms with Crippen LogP contribution in [-0.2, 0) is 6.42 Å². The minimum absolute atomic E-state index is 0.0374. The fourth-order valence-corrected chi connectivity index (χ4v) is 2.18. The lowest BCUT2D eigenvalue weighted by Gasteiger charge is -2.04. The summed E-state index contributed by atoms with van der Waals surface area (Å²) in [6.45, 7) is 13.6. The second kappa shape index (κ2) is 10.9. The maximum absolute atomic E-state index is 12.4. The maximum atomic E-state index is 12.4. The molecule has 0 atom stereocenters. The van der Waals surface area contributed by atoms with Gasteiger partial charge in [-0.15, -0.1) is 0 Å². The highest BCUT2D eigenvalue weighted by Gasteiger charge is 2.13. The summed E-state index contributed by atoms with van der Waals surface area (Å²) in [7, 11) is 0. The molecule has 0 radical (unpaired) electrons. The van der Waals surface area contributed by atoms with Gasteiger partial charge in [-0.2, -0.15) is 0 Å². The zero-order valence-electron chi connectivity index (χ0n) is 16.3. The van der Waals surface area contributed by atoms with Gasteiger partial charge in [0, 0.05) is 11.9 Å². The van der Waals surface area contributed by atoms with E-state index < -0.39 is 0 Å². The van der Waals surface area contributed by atoms with Gasteiger partial charge in [0.05, 0.1) is 23.5 Å². The van der Waals surface area contributed by atoms with Crippen LogP contribution in [0.3, 0.4) is 0 Å². The summed E-state index contributed by atoms with van der Waals surface area (Å²) >= 11 is 0. The van der Waals surface area contributed by atoms with E-state index in [1.165, 1.54) is 0 Å². The predicted octanol–water partition coefficient (Wildman–Crippen LogP) is 5.00. The van der Waals surface area contributed by atoms with Crippen molar-refractivity contribution in [1.29, 1.82) is 0 Å². The molecule has 0 spiro atoms. The van der Waals surface area contributed by atoms with E-state index in [0.29, 0.717) is 28.8 Å². The van der Waals surface area contributed by atoms with Crippen molar-refractivity contribution in [3.8, 4) is 0 Å². The number of aliphatic imine (C=N–C) groups is 1. The van der Waals surface area contributed by atoms with Crippen LogP contribution in [0.2, 0.25) is 0 Å². The first-order valence-corrected chi connectivity index (χ1v) is 8.89. The van der Waals surface area contributed by atoms with E-state index in [4.69, 9.17) is 0 Å². The smallest absolute Gasteiger partial charge is 0.186 e. The molecule has 0 amide bonds. The molecule has 5 nitrogen and oxygen atoms in total. The summed E-state index contributed by atoms with van der Waals surface area (Å²) < 4.78 is 0. The normalized spacial score (nSPS) is 11.4. The van der Waals surface area contributed by atoms with Crippen molar-refractivity contribution in [1.82, 2.24) is 15.0 Å². The Morgan fingerprint density at radius 1 is 1.31 bits per heavy atom. The van der Waals surface area contributed by atoms with E-state index in [1.807, 2.05) is 51.1 Å². The van der Waals surface area contributed by atoms with Gasteiger partial charge in [-0.05, 0) is 43.8 Å². The summed E-state index contributed by atoms with van der Waals surface area (Å²) in [4.78, 5) is 28.1. The van der Waals surface area contributed by atoms with Gasteiger partial charge in [-0.3, -0.25) is 9.79 Å². The van der Waals surface area contributed by atoms with Crippen LogP contribution in [0.5, 0.6) is 0 Å². The van der Waals surface area contributed by atoms with Crippen LogP contribution < -0.4 is 0 Å². The van der Waals surface area contributed by atoms with Crippen molar-refractivity contribution in [3.05, 3.63) is 65.5 Å². The van der Waals surface area contributed by atoms with Crippen molar-refractivity contribution >= 4 is 18.2 Å². The van der Waals surface area contributed by atoms with Gasteiger partial charge in [0.2, 0.25) is 0 Å². The third kappa shape index (κ3) is 5.92. The quantitative estimate of drug-likeness (QED) is 0.433. The number of allylic oxidation sites excluding steroid dienone is 3. The maximum Gasteiger partial charge on any atom is 0.186 e. The largest absolute Gasteiger partial charge is 0.356 e. The number of aromatic nitrogens is 3. The first kappa shape index (κ1) is 21.2. The molecule has 0 fully saturated rings. The summed E-state index contributed by atoms with van der Waals surface area (Å²) in [5.74, 6) is 0.780. The molecule has 2 aromatic heterocycles. The lowest BCUT2D eigenvalue weighted by atomic mass is 10.1. The SMILES string of the molecule is C=N/C(=C\C=C/C)c1ccnc(CC(=O)c2ccc(C(C)C)[nH]2)n1.CC. The van der Waals surface area contributed by atoms with E-state index in [1.54, 1.807) is 12.3 Å². The summed E-state index contributed by atoms with van der Waals surface area (Å²) in [6.07, 6.45) is 7.35. The Kier molecular flexibility index (Phi) is 8.92. The molecule has 26 heavy (non-hydrogen) atoms. The molecule has 2 aromatic rings. The highest BCUT2D eigenvalue weighted by atomic mass is 16.1. The first-order chi connectivity index (χ1) is 12.5. The zero-order valence-corrected chi connectivity index (χ0v) is 16.3. The lowest BCUT2D eigenvalue weighted by Crippen LogP contribution is -2.08. The number of Topliss-reactive ketones (excluding diaryl/α,β-unsaturated/α-hetero) is 1. The number of hydrogen-bond donors (Lipinski definition) is 1. The van der Waals surface area contributed by atoms with Gasteiger partial charge in [0.15, 0.2) is 5.78 Å². The van der Waals surface area contributed by atoms with E-state index in [9.17, 15) is 4.79 Å². The van der Waals surface area contributed by atoms with Gasteiger partial charge < -0.3 is 4.98 Å². The van der Waals surface area contributed by atoms with Crippen molar-refractivity contribution in [2.24, 2.45) is 4.99 Å². The third-order valence-corrected chi connectivity index (χ3v) is 3.53. The zero-order chi connectivity index (χ0) is 19.5. The molecule has 0 aliphatic carbocycles. The molecule has 1 N–H and O–H groups in total. The molecule has 2 rings (SSSR count). The summed E-state index contributed by atoms with van der Waals surface area (Å²) in [5, 5.41) is 0. The van der Waals surface area contributed by atoms with Gasteiger partial charge >= 0.3 is 0 Å². The Morgan fingerprint density at radius 2 is 2.04 bits per heavy atom. The Balaban J connectivity index is 0.00000163. The number of hydrogen-bond acceptors (Lipinski definition) is 4. The summed E-state index contributed by atoms with van der Waals surface area (Å²) in [6, 6.07) is 5.50. The van der Waals surface area contributed by atoms with Crippen molar-refractivity contribution in [3.63, 3.8) is 0 Å². The Bertz CT molecular complexity index is 785. The first-order valence-electron chi connectivity index (χ1n) is 8.89. The van der Waals surface area contributed by atoms with Gasteiger partial charge in [0.25, 0.3) is 0 Å². The van der Waals surface area contributed by atoms with E-state index >= 15 is 0 Å². The molecule has 0 saturated carbocycles. The Morgan fingerprint density at radius 3 is 2.62 bits per heavy atom. The van der Waals surface area contributed by atoms with Crippen LogP contribution >= 0.6 is 0 Å². The molecular weight excluding hydrogens is 324 g/mol. The topological polar surface area (TPSA) is 71.0 Å². The average molecular weight is 352 g/mol. The molecule has 0 aromatic carbocycles. The Labute approximate surface area is 156 Å². The number of nitrogens with one attached hydrogen (secondary N) is 1. The molecule has 5 heteroatoms. The number of ketones is 1. The highest BCUT2D eigenvalue weighted by Crippen LogP contribution is 2.16. The lowest BCUT2D eigenvalue weighted by molar-refractivity contribution is 0.0986. The number of nitrogens with zero attached hydrogens (tertiary/aromatic N) is 3. The van der Waals surface area contributed by atoms with Gasteiger partial charge in [-0.1, -0.05) is 39.8 Å². The number of carbonyl (C=O) groups is 1. The fraction of sp³-hybridized carbons (Fsp3) is 0.333. The molecular formula is C21H28N4O. The molecule has 0 aliphatic rings. The standard InChI is InChI=1S/C19H22N4O.C2H6/c1-5-6-7-15(20-4)16-10-11-21-19(23-16)12-18(24)17-9-8-14(22-17)13(2)3;1-2/h5-11,13,22H,4,12H2,1-3H3;1-2H3/b6-5-,15-7-;. The second-order valence-corrected chi connectivity index (χ2v) is 5.68. The minimum atomic E-state index is -0.0374. The highest BCUT2D eigenvalue weighted by molar-refractivity contribution is 5.95. The van der Waals surface area contributed by atoms with Crippen LogP contribution in [0.4, 0.5) is 0 Å². The third-order valence-electron chi connectivity index (χ3n) is 3.53. The summed E-state index contributed by atoms with van der Waals surface area (Å²) in [5.41, 5.74) is 2.92. The number of carbonyl (C=O) groups excluding carboxylic acids is 1. The van der Waals surface area contributed by atoms with Crippen molar-refractivity contribution in [2.45, 2.75) is 47.0 Å². The number of aromatic amines is 1. The van der Waals surface area contributed by atoms with E-state index in [0.717, 1.165) is 5.69 Å². The van der Waals surface area contributed by atoms with E-state index in [-0.39, 0.29) is 12.2 Å².